The number of aromatic nitrogens is 3. The number of fused-ring (bicyclic) bond motifs is 3. The van der Waals surface area contributed by atoms with Gasteiger partial charge < -0.3 is 10.3 Å². The van der Waals surface area contributed by atoms with Gasteiger partial charge in [-0.05, 0) is 37.1 Å². The number of para-hydroxylation sites is 1. The second-order valence-electron chi connectivity index (χ2n) is 8.83. The van der Waals surface area contributed by atoms with Crippen molar-refractivity contribution < 1.29 is 0 Å². The topological polar surface area (TPSA) is 53.6 Å². The summed E-state index contributed by atoms with van der Waals surface area (Å²) in [4.78, 5) is 13.7. The van der Waals surface area contributed by atoms with E-state index >= 15 is 0 Å². The molecule has 4 nitrogen and oxygen atoms in total. The number of halogens is 2. The van der Waals surface area contributed by atoms with Crippen LogP contribution in [0.5, 0.6) is 0 Å². The number of imidazole rings is 1. The molecule has 166 valence electrons. The van der Waals surface area contributed by atoms with Crippen molar-refractivity contribution in [3.05, 3.63) is 58.3 Å². The Kier molecular flexibility index (Phi) is 6.52. The molecule has 0 unspecified atom stereocenters. The summed E-state index contributed by atoms with van der Waals surface area (Å²) in [7, 11) is 0. The number of rotatable bonds is 3. The van der Waals surface area contributed by atoms with E-state index in [1.807, 2.05) is 30.3 Å². The van der Waals surface area contributed by atoms with E-state index < -0.39 is 0 Å². The van der Waals surface area contributed by atoms with E-state index in [1.54, 1.807) is 6.07 Å². The summed E-state index contributed by atoms with van der Waals surface area (Å²) < 4.78 is 0. The number of H-pyrrole nitrogens is 1. The van der Waals surface area contributed by atoms with E-state index in [9.17, 15) is 0 Å². The summed E-state index contributed by atoms with van der Waals surface area (Å²) in [6.45, 7) is 0. The van der Waals surface area contributed by atoms with Gasteiger partial charge in [-0.1, -0.05) is 86.3 Å². The van der Waals surface area contributed by atoms with Crippen molar-refractivity contribution in [1.29, 1.82) is 0 Å². The molecule has 32 heavy (non-hydrogen) atoms. The standard InChI is InChI=1S/C26H28Cl2N4/c27-20-15-14-18(16-21(20)28)29-26-24-23(19-12-8-9-13-22(19)30-26)31-25(32-24)17-10-6-4-2-1-3-5-7-11-17/h8-9,12-17H,1-7,10-11H2,(H,29,30)(H,31,32). The van der Waals surface area contributed by atoms with Gasteiger partial charge in [-0.3, -0.25) is 0 Å². The van der Waals surface area contributed by atoms with Crippen LogP contribution in [-0.4, -0.2) is 15.0 Å². The predicted molar refractivity (Wildman–Crippen MR) is 135 cm³/mol. The van der Waals surface area contributed by atoms with Crippen LogP contribution >= 0.6 is 23.2 Å². The van der Waals surface area contributed by atoms with Crippen LogP contribution in [0.25, 0.3) is 21.9 Å². The van der Waals surface area contributed by atoms with Gasteiger partial charge in [0.2, 0.25) is 0 Å². The Balaban J connectivity index is 1.56. The zero-order valence-corrected chi connectivity index (χ0v) is 19.6. The van der Waals surface area contributed by atoms with Crippen molar-refractivity contribution in [3.8, 4) is 0 Å². The van der Waals surface area contributed by atoms with Gasteiger partial charge in [-0.2, -0.15) is 0 Å². The number of aromatic amines is 1. The van der Waals surface area contributed by atoms with Crippen LogP contribution in [0.15, 0.2) is 42.5 Å². The fraction of sp³-hybridized carbons (Fsp3) is 0.385. The van der Waals surface area contributed by atoms with E-state index in [0.29, 0.717) is 16.0 Å². The second kappa shape index (κ2) is 9.68. The Labute approximate surface area is 198 Å². The highest BCUT2D eigenvalue weighted by molar-refractivity contribution is 6.42. The van der Waals surface area contributed by atoms with Crippen molar-refractivity contribution >= 4 is 56.6 Å². The van der Waals surface area contributed by atoms with E-state index in [1.165, 1.54) is 57.8 Å². The molecule has 1 aliphatic carbocycles. The zero-order valence-electron chi connectivity index (χ0n) is 18.1. The minimum Gasteiger partial charge on any atom is -0.339 e. The van der Waals surface area contributed by atoms with Crippen LogP contribution in [0.2, 0.25) is 10.0 Å². The minimum atomic E-state index is 0.470. The lowest BCUT2D eigenvalue weighted by Crippen LogP contribution is -2.03. The number of hydrogen-bond donors (Lipinski definition) is 2. The first-order chi connectivity index (χ1) is 15.7. The highest BCUT2D eigenvalue weighted by atomic mass is 35.5. The van der Waals surface area contributed by atoms with E-state index in [0.717, 1.165) is 39.3 Å². The van der Waals surface area contributed by atoms with Crippen LogP contribution in [0.3, 0.4) is 0 Å². The maximum atomic E-state index is 6.24. The number of hydrogen-bond acceptors (Lipinski definition) is 3. The van der Waals surface area contributed by atoms with Crippen molar-refractivity contribution in [1.82, 2.24) is 15.0 Å². The maximum Gasteiger partial charge on any atom is 0.157 e. The van der Waals surface area contributed by atoms with Gasteiger partial charge in [0.05, 0.1) is 15.6 Å². The SMILES string of the molecule is Clc1ccc(Nc2nc3ccccc3c3nc(C4CCCCCCCCC4)[nH]c23)cc1Cl. The van der Waals surface area contributed by atoms with Crippen molar-refractivity contribution in [3.63, 3.8) is 0 Å². The Morgan fingerprint density at radius 2 is 1.53 bits per heavy atom. The molecule has 1 fully saturated rings. The van der Waals surface area contributed by atoms with Gasteiger partial charge in [-0.25, -0.2) is 9.97 Å². The molecule has 0 saturated heterocycles. The summed E-state index contributed by atoms with van der Waals surface area (Å²) >= 11 is 12.3. The molecule has 0 amide bonds. The second-order valence-corrected chi connectivity index (χ2v) is 9.64. The lowest BCUT2D eigenvalue weighted by Gasteiger charge is -2.16. The van der Waals surface area contributed by atoms with E-state index in [-0.39, 0.29) is 0 Å². The fourth-order valence-corrected chi connectivity index (χ4v) is 5.08. The average Bonchev–Trinajstić information content (AvgIpc) is 3.26. The van der Waals surface area contributed by atoms with Gasteiger partial charge in [0.15, 0.2) is 5.82 Å². The van der Waals surface area contributed by atoms with Gasteiger partial charge in [0.1, 0.15) is 16.9 Å². The van der Waals surface area contributed by atoms with Gasteiger partial charge in [-0.15, -0.1) is 0 Å². The predicted octanol–water partition coefficient (Wildman–Crippen LogP) is 8.77. The third-order valence-corrected chi connectivity index (χ3v) is 7.26. The van der Waals surface area contributed by atoms with Crippen LogP contribution in [0.1, 0.15) is 69.5 Å². The first kappa shape index (κ1) is 21.5. The quantitative estimate of drug-likeness (QED) is 0.317. The lowest BCUT2D eigenvalue weighted by atomic mass is 9.92. The summed E-state index contributed by atoms with van der Waals surface area (Å²) in [6, 6.07) is 13.7. The average molecular weight is 467 g/mol. The molecule has 0 radical (unpaired) electrons. The summed E-state index contributed by atoms with van der Waals surface area (Å²) in [5, 5.41) is 5.56. The van der Waals surface area contributed by atoms with Crippen LogP contribution in [-0.2, 0) is 0 Å². The Bertz CT molecular complexity index is 1220. The van der Waals surface area contributed by atoms with E-state index in [4.69, 9.17) is 33.2 Å². The zero-order chi connectivity index (χ0) is 21.9. The van der Waals surface area contributed by atoms with Crippen LogP contribution in [0, 0.1) is 0 Å². The number of pyridine rings is 1. The van der Waals surface area contributed by atoms with E-state index in [2.05, 4.69) is 16.4 Å². The molecule has 2 aromatic carbocycles. The normalized spacial score (nSPS) is 16.4. The third kappa shape index (κ3) is 4.57. The van der Waals surface area contributed by atoms with Gasteiger partial charge in [0.25, 0.3) is 0 Å². The van der Waals surface area contributed by atoms with Gasteiger partial charge in [0, 0.05) is 17.0 Å². The smallest absolute Gasteiger partial charge is 0.157 e. The molecule has 1 saturated carbocycles. The molecule has 0 atom stereocenters. The molecule has 0 bridgehead atoms. The van der Waals surface area contributed by atoms with Crippen LogP contribution < -0.4 is 5.32 Å². The van der Waals surface area contributed by atoms with Crippen molar-refractivity contribution in [2.24, 2.45) is 0 Å². The first-order valence-electron chi connectivity index (χ1n) is 11.7. The van der Waals surface area contributed by atoms with Gasteiger partial charge >= 0.3 is 0 Å². The molecule has 5 rings (SSSR count). The molecule has 2 N–H and O–H groups in total. The molecule has 6 heteroatoms. The number of nitrogens with zero attached hydrogens (tertiary/aromatic N) is 2. The molecule has 2 aromatic heterocycles. The summed E-state index contributed by atoms with van der Waals surface area (Å²) in [6.07, 6.45) is 11.7. The molecule has 2 heterocycles. The fourth-order valence-electron chi connectivity index (χ4n) is 4.78. The lowest BCUT2D eigenvalue weighted by molar-refractivity contribution is 0.453. The maximum absolute atomic E-state index is 6.24. The Morgan fingerprint density at radius 3 is 2.28 bits per heavy atom. The summed E-state index contributed by atoms with van der Waals surface area (Å²) in [5.74, 6) is 2.32. The highest BCUT2D eigenvalue weighted by Crippen LogP contribution is 2.35. The third-order valence-electron chi connectivity index (χ3n) is 6.52. The summed E-state index contributed by atoms with van der Waals surface area (Å²) in [5.41, 5.74) is 3.69. The monoisotopic (exact) mass is 466 g/mol. The molecular formula is C26H28Cl2N4. The number of benzene rings is 2. The Morgan fingerprint density at radius 1 is 0.812 bits per heavy atom. The molecule has 0 spiro atoms. The number of anilines is 2. The minimum absolute atomic E-state index is 0.470. The first-order valence-corrected chi connectivity index (χ1v) is 12.4. The molecular weight excluding hydrogens is 439 g/mol. The van der Waals surface area contributed by atoms with Crippen LogP contribution in [0.4, 0.5) is 11.5 Å². The highest BCUT2D eigenvalue weighted by Gasteiger charge is 2.20. The Hall–Kier alpha value is -2.30. The molecule has 0 aliphatic heterocycles. The van der Waals surface area contributed by atoms with Crippen molar-refractivity contribution in [2.45, 2.75) is 63.7 Å². The van der Waals surface area contributed by atoms with Crippen molar-refractivity contribution in [2.75, 3.05) is 5.32 Å². The molecule has 4 aromatic rings. The molecule has 1 aliphatic rings. The largest absolute Gasteiger partial charge is 0.339 e. The number of nitrogens with one attached hydrogen (secondary N) is 2.